The molecule has 132 valence electrons. The first kappa shape index (κ1) is 17.7. The van der Waals surface area contributed by atoms with Crippen LogP contribution in [0.3, 0.4) is 0 Å². The van der Waals surface area contributed by atoms with Crippen molar-refractivity contribution < 1.29 is 18.1 Å². The van der Waals surface area contributed by atoms with Crippen molar-refractivity contribution in [2.24, 2.45) is 0 Å². The number of nitro benzene ring substituents is 1. The minimum atomic E-state index is -3.86. The number of nitro groups is 1. The number of ether oxygens (including phenoxy) is 1. The lowest BCUT2D eigenvalue weighted by molar-refractivity contribution is -0.385. The predicted molar refractivity (Wildman–Crippen MR) is 95.2 cm³/mol. The lowest BCUT2D eigenvalue weighted by atomic mass is 10.2. The minimum absolute atomic E-state index is 0.0795. The molecule has 0 aromatic heterocycles. The Hall–Kier alpha value is -2.10. The zero-order chi connectivity index (χ0) is 18.0. The second kappa shape index (κ2) is 7.03. The fourth-order valence-corrected chi connectivity index (χ4v) is 6.01. The van der Waals surface area contributed by atoms with Crippen molar-refractivity contribution in [3.8, 4) is 5.75 Å². The van der Waals surface area contributed by atoms with Crippen molar-refractivity contribution >= 4 is 27.5 Å². The monoisotopic (exact) mass is 380 g/mol. The van der Waals surface area contributed by atoms with Crippen molar-refractivity contribution in [2.45, 2.75) is 10.3 Å². The maximum absolute atomic E-state index is 13.0. The number of hydrogen-bond acceptors (Lipinski definition) is 6. The van der Waals surface area contributed by atoms with E-state index in [-0.39, 0.29) is 10.6 Å². The molecule has 0 aliphatic carbocycles. The molecule has 1 aliphatic heterocycles. The number of benzene rings is 2. The van der Waals surface area contributed by atoms with E-state index in [1.807, 2.05) is 18.2 Å². The van der Waals surface area contributed by atoms with E-state index < -0.39 is 20.3 Å². The van der Waals surface area contributed by atoms with Crippen LogP contribution in [0.5, 0.6) is 5.75 Å². The van der Waals surface area contributed by atoms with Crippen LogP contribution in [0.4, 0.5) is 5.69 Å². The molecule has 1 aliphatic rings. The van der Waals surface area contributed by atoms with Crippen LogP contribution >= 0.6 is 11.8 Å². The van der Waals surface area contributed by atoms with Gasteiger partial charge in [-0.2, -0.15) is 4.31 Å². The maximum atomic E-state index is 13.0. The highest BCUT2D eigenvalue weighted by Crippen LogP contribution is 2.44. The summed E-state index contributed by atoms with van der Waals surface area (Å²) in [6.45, 7) is 0.332. The van der Waals surface area contributed by atoms with E-state index in [2.05, 4.69) is 0 Å². The van der Waals surface area contributed by atoms with Crippen molar-refractivity contribution in [1.82, 2.24) is 4.31 Å². The van der Waals surface area contributed by atoms with Gasteiger partial charge in [-0.3, -0.25) is 10.1 Å². The van der Waals surface area contributed by atoms with Crippen LogP contribution in [0.2, 0.25) is 0 Å². The second-order valence-electron chi connectivity index (χ2n) is 5.34. The predicted octanol–water partition coefficient (Wildman–Crippen LogP) is 3.04. The molecular formula is C16H16N2O5S2. The number of nitrogens with zero attached hydrogens (tertiary/aromatic N) is 2. The van der Waals surface area contributed by atoms with Crippen molar-refractivity contribution in [3.63, 3.8) is 0 Å². The lowest BCUT2D eigenvalue weighted by Crippen LogP contribution is -2.30. The van der Waals surface area contributed by atoms with E-state index in [0.717, 1.165) is 11.6 Å². The molecule has 1 atom stereocenters. The average Bonchev–Trinajstić information content (AvgIpc) is 3.12. The van der Waals surface area contributed by atoms with E-state index >= 15 is 0 Å². The first-order chi connectivity index (χ1) is 11.9. The Morgan fingerprint density at radius 1 is 1.24 bits per heavy atom. The Balaban J connectivity index is 2.02. The SMILES string of the molecule is COc1ccccc1[C@H]1SCCN1S(=O)(=O)c1cccc([N+](=O)[O-])c1. The largest absolute Gasteiger partial charge is 0.496 e. The molecule has 0 unspecified atom stereocenters. The van der Waals surface area contributed by atoms with E-state index in [0.29, 0.717) is 18.0 Å². The summed E-state index contributed by atoms with van der Waals surface area (Å²) in [7, 11) is -2.32. The summed E-state index contributed by atoms with van der Waals surface area (Å²) in [4.78, 5) is 10.3. The third-order valence-corrected chi connectivity index (χ3v) is 7.13. The molecule has 7 nitrogen and oxygen atoms in total. The third kappa shape index (κ3) is 3.35. The summed E-state index contributed by atoms with van der Waals surface area (Å²) in [5.41, 5.74) is 0.517. The number of rotatable bonds is 5. The number of non-ortho nitro benzene ring substituents is 1. The minimum Gasteiger partial charge on any atom is -0.496 e. The second-order valence-corrected chi connectivity index (χ2v) is 8.41. The quantitative estimate of drug-likeness (QED) is 0.585. The fourth-order valence-electron chi connectivity index (χ4n) is 2.71. The van der Waals surface area contributed by atoms with Gasteiger partial charge in [0, 0.05) is 30.0 Å². The first-order valence-electron chi connectivity index (χ1n) is 7.46. The smallest absolute Gasteiger partial charge is 0.270 e. The Kier molecular flexibility index (Phi) is 4.98. The number of methoxy groups -OCH3 is 1. The summed E-state index contributed by atoms with van der Waals surface area (Å²) in [5, 5.41) is 10.5. The molecule has 0 radical (unpaired) electrons. The Morgan fingerprint density at radius 3 is 2.72 bits per heavy atom. The van der Waals surface area contributed by atoms with Gasteiger partial charge in [-0.25, -0.2) is 8.42 Å². The van der Waals surface area contributed by atoms with Gasteiger partial charge in [-0.05, 0) is 12.1 Å². The number of thioether (sulfide) groups is 1. The molecule has 0 spiro atoms. The summed E-state index contributed by atoms with van der Waals surface area (Å²) >= 11 is 1.50. The highest BCUT2D eigenvalue weighted by Gasteiger charge is 2.38. The third-order valence-electron chi connectivity index (χ3n) is 3.89. The zero-order valence-electron chi connectivity index (χ0n) is 13.4. The van der Waals surface area contributed by atoms with Crippen LogP contribution in [0.15, 0.2) is 53.4 Å². The van der Waals surface area contributed by atoms with Gasteiger partial charge in [0.25, 0.3) is 5.69 Å². The standard InChI is InChI=1S/C16H16N2O5S2/c1-23-15-8-3-2-7-14(15)16-17(9-10-24-16)25(21,22)13-6-4-5-12(11-13)18(19)20/h2-8,11,16H,9-10H2,1H3/t16-/m1/s1. The number of hydrogen-bond donors (Lipinski definition) is 0. The number of sulfonamides is 1. The van der Waals surface area contributed by atoms with Gasteiger partial charge in [0.2, 0.25) is 10.0 Å². The highest BCUT2D eigenvalue weighted by atomic mass is 32.2. The summed E-state index contributed by atoms with van der Waals surface area (Å²) in [6.07, 6.45) is 0. The molecule has 3 rings (SSSR count). The molecule has 2 aromatic carbocycles. The molecule has 1 saturated heterocycles. The summed E-state index contributed by atoms with van der Waals surface area (Å²) < 4.78 is 32.8. The molecule has 0 N–H and O–H groups in total. The molecule has 1 heterocycles. The lowest BCUT2D eigenvalue weighted by Gasteiger charge is -2.24. The van der Waals surface area contributed by atoms with Gasteiger partial charge in [-0.15, -0.1) is 11.8 Å². The van der Waals surface area contributed by atoms with E-state index in [1.165, 1.54) is 41.4 Å². The van der Waals surface area contributed by atoms with E-state index in [4.69, 9.17) is 4.74 Å². The fraction of sp³-hybridized carbons (Fsp3) is 0.250. The molecule has 2 aromatic rings. The zero-order valence-corrected chi connectivity index (χ0v) is 15.0. The van der Waals surface area contributed by atoms with Gasteiger partial charge in [-0.1, -0.05) is 24.3 Å². The van der Waals surface area contributed by atoms with Gasteiger partial charge >= 0.3 is 0 Å². The van der Waals surface area contributed by atoms with Crippen LogP contribution in [0.1, 0.15) is 10.9 Å². The topological polar surface area (TPSA) is 89.8 Å². The Morgan fingerprint density at radius 2 is 2.00 bits per heavy atom. The van der Waals surface area contributed by atoms with Gasteiger partial charge in [0.1, 0.15) is 5.75 Å². The molecule has 0 amide bonds. The Bertz CT molecular complexity index is 901. The first-order valence-corrected chi connectivity index (χ1v) is 9.95. The normalized spacial score (nSPS) is 18.2. The maximum Gasteiger partial charge on any atom is 0.270 e. The number of para-hydroxylation sites is 1. The molecular weight excluding hydrogens is 364 g/mol. The molecule has 0 saturated carbocycles. The molecule has 25 heavy (non-hydrogen) atoms. The van der Waals surface area contributed by atoms with Crippen LogP contribution in [-0.2, 0) is 10.0 Å². The van der Waals surface area contributed by atoms with Gasteiger partial charge < -0.3 is 4.74 Å². The average molecular weight is 380 g/mol. The summed E-state index contributed by atoms with van der Waals surface area (Å²) in [5.74, 6) is 1.25. The van der Waals surface area contributed by atoms with Crippen molar-refractivity contribution in [3.05, 3.63) is 64.2 Å². The van der Waals surface area contributed by atoms with Gasteiger partial charge in [0.05, 0.1) is 22.3 Å². The van der Waals surface area contributed by atoms with Crippen molar-refractivity contribution in [2.75, 3.05) is 19.4 Å². The van der Waals surface area contributed by atoms with E-state index in [9.17, 15) is 18.5 Å². The van der Waals surface area contributed by atoms with Crippen LogP contribution in [0.25, 0.3) is 0 Å². The van der Waals surface area contributed by atoms with Crippen molar-refractivity contribution in [1.29, 1.82) is 0 Å². The Labute approximate surface area is 149 Å². The molecule has 1 fully saturated rings. The highest BCUT2D eigenvalue weighted by molar-refractivity contribution is 8.01. The van der Waals surface area contributed by atoms with Crippen LogP contribution < -0.4 is 4.74 Å². The molecule has 9 heteroatoms. The van der Waals surface area contributed by atoms with Gasteiger partial charge in [0.15, 0.2) is 0 Å². The van der Waals surface area contributed by atoms with Crippen LogP contribution in [0, 0.1) is 10.1 Å². The molecule has 0 bridgehead atoms. The van der Waals surface area contributed by atoms with Crippen LogP contribution in [-0.4, -0.2) is 37.1 Å². The van der Waals surface area contributed by atoms with E-state index in [1.54, 1.807) is 6.07 Å². The summed E-state index contributed by atoms with van der Waals surface area (Å²) in [6, 6.07) is 12.4.